The molecule has 1 aliphatic heterocycles. The Kier molecular flexibility index (Phi) is 9.66. The highest BCUT2D eigenvalue weighted by molar-refractivity contribution is 5.93. The molecule has 1 saturated heterocycles. The second kappa shape index (κ2) is 12.9. The van der Waals surface area contributed by atoms with E-state index in [0.29, 0.717) is 44.8 Å². The van der Waals surface area contributed by atoms with Crippen LogP contribution in [0.2, 0.25) is 0 Å². The Morgan fingerprint density at radius 2 is 1.75 bits per heavy atom. The van der Waals surface area contributed by atoms with Gasteiger partial charge in [0, 0.05) is 32.1 Å². The van der Waals surface area contributed by atoms with Crippen LogP contribution in [0.25, 0.3) is 0 Å². The van der Waals surface area contributed by atoms with Crippen molar-refractivity contribution in [2.24, 2.45) is 28.3 Å². The zero-order chi connectivity index (χ0) is 26.1. The number of guanidine groups is 1. The maximum absolute atomic E-state index is 13.1. The zero-order valence-electron chi connectivity index (χ0n) is 20.5. The molecular formula is C25H36N6O5. The molecule has 3 rings (SSSR count). The molecule has 1 aromatic rings. The van der Waals surface area contributed by atoms with Crippen molar-refractivity contribution in [1.29, 1.82) is 0 Å². The van der Waals surface area contributed by atoms with Gasteiger partial charge < -0.3 is 31.7 Å². The van der Waals surface area contributed by atoms with E-state index in [-0.39, 0.29) is 36.8 Å². The van der Waals surface area contributed by atoms with Crippen LogP contribution in [0.15, 0.2) is 35.3 Å². The molecule has 1 atom stereocenters. The summed E-state index contributed by atoms with van der Waals surface area (Å²) in [5, 5.41) is 12.0. The predicted octanol–water partition coefficient (Wildman–Crippen LogP) is -0.0608. The largest absolute Gasteiger partial charge is 0.481 e. The molecule has 0 bridgehead atoms. The molecule has 6 N–H and O–H groups in total. The maximum Gasteiger partial charge on any atom is 0.305 e. The van der Waals surface area contributed by atoms with E-state index in [1.54, 1.807) is 4.90 Å². The van der Waals surface area contributed by atoms with Crippen LogP contribution in [0.4, 0.5) is 0 Å². The lowest BCUT2D eigenvalue weighted by Gasteiger charge is -2.40. The van der Waals surface area contributed by atoms with Gasteiger partial charge in [-0.05, 0) is 43.6 Å². The smallest absolute Gasteiger partial charge is 0.305 e. The van der Waals surface area contributed by atoms with Crippen LogP contribution in [-0.2, 0) is 25.6 Å². The number of amides is 3. The molecule has 2 fully saturated rings. The van der Waals surface area contributed by atoms with Crippen molar-refractivity contribution in [2.45, 2.75) is 44.6 Å². The minimum absolute atomic E-state index is 0.0603. The number of hydrogen-bond donors (Lipinski definition) is 4. The summed E-state index contributed by atoms with van der Waals surface area (Å²) < 4.78 is 0. The van der Waals surface area contributed by atoms with E-state index < -0.39 is 24.3 Å². The average molecular weight is 501 g/mol. The van der Waals surface area contributed by atoms with E-state index in [2.05, 4.69) is 10.3 Å². The number of piperazine rings is 1. The van der Waals surface area contributed by atoms with E-state index in [4.69, 9.17) is 11.5 Å². The van der Waals surface area contributed by atoms with E-state index in [0.717, 1.165) is 18.4 Å². The second-order valence-corrected chi connectivity index (χ2v) is 9.46. The lowest BCUT2D eigenvalue weighted by molar-refractivity contribution is -0.155. The van der Waals surface area contributed by atoms with Gasteiger partial charge in [0.25, 0.3) is 0 Å². The quantitative estimate of drug-likeness (QED) is 0.257. The van der Waals surface area contributed by atoms with E-state index >= 15 is 0 Å². The second-order valence-electron chi connectivity index (χ2n) is 9.46. The highest BCUT2D eigenvalue weighted by atomic mass is 16.4. The van der Waals surface area contributed by atoms with Crippen LogP contribution in [-0.4, -0.2) is 83.3 Å². The van der Waals surface area contributed by atoms with Crippen LogP contribution in [0.1, 0.15) is 37.7 Å². The fourth-order valence-electron chi connectivity index (χ4n) is 4.88. The molecule has 1 aromatic carbocycles. The number of nitrogens with two attached hydrogens (primary N) is 2. The molecule has 1 aliphatic carbocycles. The maximum atomic E-state index is 13.1. The Morgan fingerprint density at radius 3 is 2.39 bits per heavy atom. The lowest BCUT2D eigenvalue weighted by atomic mass is 9.81. The van der Waals surface area contributed by atoms with Crippen LogP contribution in [0.3, 0.4) is 0 Å². The summed E-state index contributed by atoms with van der Waals surface area (Å²) in [6.45, 7) is 1.28. The van der Waals surface area contributed by atoms with Crippen molar-refractivity contribution in [3.05, 3.63) is 35.9 Å². The summed E-state index contributed by atoms with van der Waals surface area (Å²) in [5.74, 6) is -1.99. The van der Waals surface area contributed by atoms with Gasteiger partial charge in [-0.1, -0.05) is 30.3 Å². The summed E-state index contributed by atoms with van der Waals surface area (Å²) in [7, 11) is 0. The van der Waals surface area contributed by atoms with Crippen molar-refractivity contribution < 1.29 is 24.3 Å². The summed E-state index contributed by atoms with van der Waals surface area (Å²) in [6, 6.07) is 8.63. The Bertz CT molecular complexity index is 957. The van der Waals surface area contributed by atoms with Gasteiger partial charge in [-0.25, -0.2) is 0 Å². The summed E-state index contributed by atoms with van der Waals surface area (Å²) in [6.07, 6.45) is 3.19. The van der Waals surface area contributed by atoms with Gasteiger partial charge in [-0.3, -0.25) is 24.2 Å². The first-order valence-electron chi connectivity index (χ1n) is 12.4. The third kappa shape index (κ3) is 7.69. The molecule has 11 nitrogen and oxygen atoms in total. The molecule has 36 heavy (non-hydrogen) atoms. The number of aliphatic carboxylic acids is 1. The first-order valence-corrected chi connectivity index (χ1v) is 12.4. The van der Waals surface area contributed by atoms with Gasteiger partial charge in [0.2, 0.25) is 17.7 Å². The lowest BCUT2D eigenvalue weighted by Crippen LogP contribution is -2.61. The Morgan fingerprint density at radius 1 is 1.06 bits per heavy atom. The van der Waals surface area contributed by atoms with Gasteiger partial charge in [0.1, 0.15) is 6.04 Å². The normalized spacial score (nSPS) is 22.1. The number of nitrogens with zero attached hydrogens (tertiary/aromatic N) is 3. The van der Waals surface area contributed by atoms with Gasteiger partial charge >= 0.3 is 5.97 Å². The summed E-state index contributed by atoms with van der Waals surface area (Å²) in [4.78, 5) is 57.0. The molecule has 0 unspecified atom stereocenters. The molecular weight excluding hydrogens is 464 g/mol. The average Bonchev–Trinajstić information content (AvgIpc) is 2.87. The predicted molar refractivity (Wildman–Crippen MR) is 134 cm³/mol. The van der Waals surface area contributed by atoms with Crippen molar-refractivity contribution in [1.82, 2.24) is 15.1 Å². The van der Waals surface area contributed by atoms with Crippen LogP contribution >= 0.6 is 0 Å². The van der Waals surface area contributed by atoms with Crippen molar-refractivity contribution in [2.75, 3.05) is 32.7 Å². The Labute approximate surface area is 210 Å². The minimum Gasteiger partial charge on any atom is -0.481 e. The fraction of sp³-hybridized carbons (Fsp3) is 0.560. The first-order chi connectivity index (χ1) is 17.2. The van der Waals surface area contributed by atoms with Gasteiger partial charge in [0.05, 0.1) is 13.0 Å². The van der Waals surface area contributed by atoms with Crippen LogP contribution in [0, 0.1) is 11.8 Å². The molecule has 0 aromatic heterocycles. The number of aliphatic imine (C=N–C) groups is 1. The van der Waals surface area contributed by atoms with Gasteiger partial charge in [-0.2, -0.15) is 0 Å². The molecule has 1 heterocycles. The molecule has 3 amide bonds. The number of benzene rings is 1. The van der Waals surface area contributed by atoms with Crippen molar-refractivity contribution in [3.63, 3.8) is 0 Å². The highest BCUT2D eigenvalue weighted by Crippen LogP contribution is 2.29. The number of carboxylic acid groups (broad SMARTS) is 1. The van der Waals surface area contributed by atoms with Crippen molar-refractivity contribution >= 4 is 29.7 Å². The van der Waals surface area contributed by atoms with Gasteiger partial charge in [-0.15, -0.1) is 0 Å². The minimum atomic E-state index is -1.16. The molecule has 0 radical (unpaired) electrons. The summed E-state index contributed by atoms with van der Waals surface area (Å²) >= 11 is 0. The fourth-order valence-corrected chi connectivity index (χ4v) is 4.88. The van der Waals surface area contributed by atoms with Crippen LogP contribution in [0.5, 0.6) is 0 Å². The van der Waals surface area contributed by atoms with Crippen LogP contribution < -0.4 is 16.8 Å². The Hall–Kier alpha value is -3.63. The summed E-state index contributed by atoms with van der Waals surface area (Å²) in [5.41, 5.74) is 11.8. The number of carbonyl (C=O) groups excluding carboxylic acids is 3. The first kappa shape index (κ1) is 27.0. The Balaban J connectivity index is 1.50. The van der Waals surface area contributed by atoms with Gasteiger partial charge in [0.15, 0.2) is 5.96 Å². The topological polar surface area (TPSA) is 171 Å². The van der Waals surface area contributed by atoms with E-state index in [9.17, 15) is 24.3 Å². The van der Waals surface area contributed by atoms with Crippen molar-refractivity contribution in [3.8, 4) is 0 Å². The standard InChI is InChI=1S/C25H36N6O5/c26-25(27)29-15-18-6-8-19(9-7-18)23(35)28-16-21(32)31-13-12-30(24(36)20(31)14-22(33)34)11-10-17-4-2-1-3-5-17/h1-5,18-20H,6-16H2,(H,28,35)(H,33,34)(H4,26,27,29)/t18?,19?,20-/m0/s1. The molecule has 0 spiro atoms. The highest BCUT2D eigenvalue weighted by Gasteiger charge is 2.38. The number of carboxylic acids is 1. The SMILES string of the molecule is NC(N)=NCC1CCC(C(=O)NCC(=O)N2CCN(CCc3ccccc3)C(=O)[C@@H]2CC(=O)O)CC1. The number of hydrogen-bond acceptors (Lipinski definition) is 5. The molecule has 196 valence electrons. The van der Waals surface area contributed by atoms with E-state index in [1.807, 2.05) is 30.3 Å². The zero-order valence-corrected chi connectivity index (χ0v) is 20.5. The number of carbonyl (C=O) groups is 4. The van der Waals surface area contributed by atoms with E-state index in [1.165, 1.54) is 4.90 Å². The monoisotopic (exact) mass is 500 g/mol. The molecule has 1 saturated carbocycles. The number of nitrogens with one attached hydrogen (secondary N) is 1. The third-order valence-electron chi connectivity index (χ3n) is 6.95. The third-order valence-corrected chi connectivity index (χ3v) is 6.95. The molecule has 2 aliphatic rings. The number of rotatable bonds is 10. The molecule has 11 heteroatoms.